The lowest BCUT2D eigenvalue weighted by Crippen LogP contribution is -2.44. The van der Waals surface area contributed by atoms with Gasteiger partial charge in [0.05, 0.1) is 23.2 Å². The van der Waals surface area contributed by atoms with Crippen LogP contribution < -0.4 is 0 Å². The molecule has 0 radical (unpaired) electrons. The van der Waals surface area contributed by atoms with Crippen LogP contribution >= 0.6 is 0 Å². The van der Waals surface area contributed by atoms with Crippen molar-refractivity contribution in [2.45, 2.75) is 25.2 Å². The fourth-order valence-corrected chi connectivity index (χ4v) is 3.24. The van der Waals surface area contributed by atoms with Gasteiger partial charge in [-0.1, -0.05) is 42.5 Å². The maximum Gasteiger partial charge on any atom is 0.269 e. The van der Waals surface area contributed by atoms with Crippen molar-refractivity contribution >= 4 is 5.69 Å². The van der Waals surface area contributed by atoms with Gasteiger partial charge in [-0.3, -0.25) is 15.0 Å². The Morgan fingerprint density at radius 1 is 1.24 bits per heavy atom. The smallest absolute Gasteiger partial charge is 0.269 e. The summed E-state index contributed by atoms with van der Waals surface area (Å²) in [5.41, 5.74) is 1.67. The lowest BCUT2D eigenvalue weighted by atomic mass is 10.0. The number of rotatable bonds is 5. The predicted octanol–water partition coefficient (Wildman–Crippen LogP) is 3.09. The molecule has 1 saturated heterocycles. The average Bonchev–Trinajstić information content (AvgIpc) is 2.62. The molecule has 1 heterocycles. The maximum atomic E-state index is 10.9. The van der Waals surface area contributed by atoms with Crippen LogP contribution in [0.2, 0.25) is 0 Å². The molecular weight excluding hydrogens is 320 g/mol. The van der Waals surface area contributed by atoms with Crippen molar-refractivity contribution < 1.29 is 14.8 Å². The largest absolute Gasteiger partial charge is 0.387 e. The van der Waals surface area contributed by atoms with Gasteiger partial charge in [-0.15, -0.1) is 0 Å². The zero-order valence-corrected chi connectivity index (χ0v) is 14.1. The van der Waals surface area contributed by atoms with Crippen LogP contribution in [0.3, 0.4) is 0 Å². The van der Waals surface area contributed by atoms with Gasteiger partial charge >= 0.3 is 0 Å². The average molecular weight is 342 g/mol. The molecule has 1 aliphatic rings. The zero-order valence-electron chi connectivity index (χ0n) is 14.1. The summed E-state index contributed by atoms with van der Waals surface area (Å²) in [5.74, 6) is 0. The van der Waals surface area contributed by atoms with Gasteiger partial charge < -0.3 is 9.84 Å². The number of benzene rings is 2. The van der Waals surface area contributed by atoms with Crippen LogP contribution in [0.1, 0.15) is 30.3 Å². The third-order valence-electron chi connectivity index (χ3n) is 4.40. The molecule has 1 N–H and O–H groups in total. The highest BCUT2D eigenvalue weighted by atomic mass is 16.6. The van der Waals surface area contributed by atoms with E-state index in [1.165, 1.54) is 12.1 Å². The molecule has 2 aromatic carbocycles. The molecule has 132 valence electrons. The number of aliphatic hydroxyl groups is 1. The normalized spacial score (nSPS) is 22.5. The molecule has 0 aliphatic carbocycles. The molecule has 25 heavy (non-hydrogen) atoms. The molecule has 0 spiro atoms. The number of nitro groups is 1. The van der Waals surface area contributed by atoms with Crippen molar-refractivity contribution in [2.75, 3.05) is 19.6 Å². The summed E-state index contributed by atoms with van der Waals surface area (Å²) in [6.45, 7) is 3.83. The van der Waals surface area contributed by atoms with E-state index in [9.17, 15) is 15.2 Å². The van der Waals surface area contributed by atoms with E-state index in [0.29, 0.717) is 18.7 Å². The van der Waals surface area contributed by atoms with Crippen molar-refractivity contribution in [3.63, 3.8) is 0 Å². The van der Waals surface area contributed by atoms with Gasteiger partial charge in [-0.2, -0.15) is 0 Å². The number of nitro benzene ring substituents is 1. The Balaban J connectivity index is 1.69. The highest BCUT2D eigenvalue weighted by molar-refractivity contribution is 5.35. The van der Waals surface area contributed by atoms with Crippen LogP contribution in [-0.2, 0) is 4.74 Å². The van der Waals surface area contributed by atoms with E-state index >= 15 is 0 Å². The Bertz CT molecular complexity index is 722. The van der Waals surface area contributed by atoms with E-state index in [4.69, 9.17) is 4.74 Å². The van der Waals surface area contributed by atoms with Gasteiger partial charge in [0.25, 0.3) is 5.69 Å². The van der Waals surface area contributed by atoms with Crippen LogP contribution in [-0.4, -0.2) is 40.7 Å². The fourth-order valence-electron chi connectivity index (χ4n) is 3.24. The number of β-amino-alcohol motifs (C(OH)–C–C–N with tert-alkyl or cyclic N) is 1. The molecule has 0 amide bonds. The summed E-state index contributed by atoms with van der Waals surface area (Å²) >= 11 is 0. The standard InChI is InChI=1S/C19H22N2O4/c1-14-11-20(13-19(25-14)15-6-3-2-4-7-15)12-18(22)16-8-5-9-17(10-16)21(23)24/h2-10,14,18-19,22H,11-13H2,1H3. The van der Waals surface area contributed by atoms with E-state index in [1.807, 2.05) is 37.3 Å². The molecule has 6 heteroatoms. The minimum Gasteiger partial charge on any atom is -0.387 e. The second-order valence-corrected chi connectivity index (χ2v) is 6.43. The van der Waals surface area contributed by atoms with E-state index in [0.717, 1.165) is 12.1 Å². The van der Waals surface area contributed by atoms with Gasteiger partial charge in [0.1, 0.15) is 0 Å². The number of aliphatic hydroxyl groups excluding tert-OH is 1. The van der Waals surface area contributed by atoms with Crippen molar-refractivity contribution in [1.82, 2.24) is 4.90 Å². The molecule has 6 nitrogen and oxygen atoms in total. The molecule has 3 unspecified atom stereocenters. The third-order valence-corrected chi connectivity index (χ3v) is 4.40. The first kappa shape index (κ1) is 17.5. The molecule has 3 rings (SSSR count). The SMILES string of the molecule is CC1CN(CC(O)c2cccc([N+](=O)[O-])c2)CC(c2ccccc2)O1. The summed E-state index contributed by atoms with van der Waals surface area (Å²) in [6.07, 6.45) is -0.764. The Morgan fingerprint density at radius 2 is 2.00 bits per heavy atom. The predicted molar refractivity (Wildman–Crippen MR) is 94.2 cm³/mol. The number of non-ortho nitro benzene ring substituents is 1. The summed E-state index contributed by atoms with van der Waals surface area (Å²) in [6, 6.07) is 16.2. The Labute approximate surface area is 146 Å². The second kappa shape index (κ2) is 7.74. The van der Waals surface area contributed by atoms with Crippen molar-refractivity contribution in [3.05, 3.63) is 75.8 Å². The van der Waals surface area contributed by atoms with E-state index in [-0.39, 0.29) is 17.9 Å². The van der Waals surface area contributed by atoms with Gasteiger partial charge in [0.15, 0.2) is 0 Å². The first-order valence-corrected chi connectivity index (χ1v) is 8.38. The van der Waals surface area contributed by atoms with Gasteiger partial charge in [-0.25, -0.2) is 0 Å². The van der Waals surface area contributed by atoms with E-state index in [2.05, 4.69) is 4.90 Å². The van der Waals surface area contributed by atoms with Crippen LogP contribution in [0.15, 0.2) is 54.6 Å². The molecule has 3 atom stereocenters. The summed E-state index contributed by atoms with van der Waals surface area (Å²) in [5, 5.41) is 21.4. The van der Waals surface area contributed by atoms with Gasteiger partial charge in [-0.05, 0) is 18.1 Å². The number of morpholine rings is 1. The molecule has 0 saturated carbocycles. The third kappa shape index (κ3) is 4.42. The molecule has 1 fully saturated rings. The second-order valence-electron chi connectivity index (χ2n) is 6.43. The Hall–Kier alpha value is -2.28. The molecule has 0 aromatic heterocycles. The van der Waals surface area contributed by atoms with Gasteiger partial charge in [0.2, 0.25) is 0 Å². The van der Waals surface area contributed by atoms with Crippen LogP contribution in [0.5, 0.6) is 0 Å². The lowest BCUT2D eigenvalue weighted by Gasteiger charge is -2.38. The molecule has 0 bridgehead atoms. The Kier molecular flexibility index (Phi) is 5.43. The number of ether oxygens (including phenoxy) is 1. The van der Waals surface area contributed by atoms with Crippen molar-refractivity contribution in [1.29, 1.82) is 0 Å². The first-order valence-electron chi connectivity index (χ1n) is 8.38. The topological polar surface area (TPSA) is 75.8 Å². The first-order chi connectivity index (χ1) is 12.0. The van der Waals surface area contributed by atoms with Crippen LogP contribution in [0, 0.1) is 10.1 Å². The van der Waals surface area contributed by atoms with Crippen LogP contribution in [0.25, 0.3) is 0 Å². The van der Waals surface area contributed by atoms with Crippen molar-refractivity contribution in [3.8, 4) is 0 Å². The van der Waals surface area contributed by atoms with Crippen LogP contribution in [0.4, 0.5) is 5.69 Å². The van der Waals surface area contributed by atoms with Gasteiger partial charge in [0, 0.05) is 31.8 Å². The number of hydrogen-bond donors (Lipinski definition) is 1. The highest BCUT2D eigenvalue weighted by Crippen LogP contribution is 2.27. The minimum absolute atomic E-state index is 0.00550. The van der Waals surface area contributed by atoms with E-state index in [1.54, 1.807) is 12.1 Å². The Morgan fingerprint density at radius 3 is 2.72 bits per heavy atom. The highest BCUT2D eigenvalue weighted by Gasteiger charge is 2.28. The number of hydrogen-bond acceptors (Lipinski definition) is 5. The maximum absolute atomic E-state index is 10.9. The molecular formula is C19H22N2O4. The number of nitrogens with zero attached hydrogens (tertiary/aromatic N) is 2. The lowest BCUT2D eigenvalue weighted by molar-refractivity contribution is -0.385. The fraction of sp³-hybridized carbons (Fsp3) is 0.368. The summed E-state index contributed by atoms with van der Waals surface area (Å²) < 4.78 is 6.03. The monoisotopic (exact) mass is 342 g/mol. The quantitative estimate of drug-likeness (QED) is 0.667. The minimum atomic E-state index is -0.776. The molecule has 1 aliphatic heterocycles. The summed E-state index contributed by atoms with van der Waals surface area (Å²) in [7, 11) is 0. The summed E-state index contributed by atoms with van der Waals surface area (Å²) in [4.78, 5) is 12.6. The zero-order chi connectivity index (χ0) is 17.8. The van der Waals surface area contributed by atoms with Crippen molar-refractivity contribution in [2.24, 2.45) is 0 Å². The van der Waals surface area contributed by atoms with E-state index < -0.39 is 11.0 Å². The molecule has 2 aromatic rings.